The Balaban J connectivity index is 2.09. The molecule has 0 N–H and O–H groups in total. The summed E-state index contributed by atoms with van der Waals surface area (Å²) in [6.45, 7) is 5.34. The molecule has 1 aliphatic carbocycles. The molecule has 0 heterocycles. The molecule has 4 nitrogen and oxygen atoms in total. The highest BCUT2D eigenvalue weighted by atomic mass is 16.5. The molecule has 0 aliphatic heterocycles. The number of methoxy groups -OCH3 is 1. The molecule has 0 aromatic rings. The van der Waals surface area contributed by atoms with E-state index in [1.54, 1.807) is 7.11 Å². The number of rotatable bonds is 10. The highest BCUT2D eigenvalue weighted by Crippen LogP contribution is 2.41. The summed E-state index contributed by atoms with van der Waals surface area (Å²) in [5, 5.41) is 9.46. The molecule has 0 aromatic heterocycles. The minimum absolute atomic E-state index is 0.136. The summed E-state index contributed by atoms with van der Waals surface area (Å²) in [6, 6.07) is 2.55. The maximum absolute atomic E-state index is 9.46. The first-order valence-corrected chi connectivity index (χ1v) is 7.82. The Morgan fingerprint density at radius 2 is 1.65 bits per heavy atom. The Morgan fingerprint density at radius 3 is 2.20 bits per heavy atom. The lowest BCUT2D eigenvalue weighted by Gasteiger charge is -2.34. The zero-order valence-electron chi connectivity index (χ0n) is 13.0. The molecule has 0 bridgehead atoms. The van der Waals surface area contributed by atoms with Crippen LogP contribution in [0.4, 0.5) is 0 Å². The van der Waals surface area contributed by atoms with Crippen molar-refractivity contribution in [2.24, 2.45) is 11.3 Å². The van der Waals surface area contributed by atoms with Gasteiger partial charge in [0.05, 0.1) is 37.9 Å². The van der Waals surface area contributed by atoms with E-state index in [9.17, 15) is 5.26 Å². The monoisotopic (exact) mass is 283 g/mol. The van der Waals surface area contributed by atoms with Crippen LogP contribution in [0.15, 0.2) is 0 Å². The SMILES string of the molecule is CCC1CCC(C#N)(CCOCCOCCOC)CC1. The van der Waals surface area contributed by atoms with E-state index in [0.29, 0.717) is 33.0 Å². The number of ether oxygens (including phenoxy) is 3. The molecule has 0 spiro atoms. The summed E-state index contributed by atoms with van der Waals surface area (Å²) in [6.07, 6.45) is 6.58. The molecule has 116 valence electrons. The maximum Gasteiger partial charge on any atom is 0.0701 e. The van der Waals surface area contributed by atoms with E-state index in [1.807, 2.05) is 0 Å². The van der Waals surface area contributed by atoms with Gasteiger partial charge in [0.15, 0.2) is 0 Å². The molecular weight excluding hydrogens is 254 g/mol. The fraction of sp³-hybridized carbons (Fsp3) is 0.938. The number of hydrogen-bond acceptors (Lipinski definition) is 4. The standard InChI is InChI=1S/C16H29NO3/c1-3-15-4-6-16(14-17,7-5-15)8-9-19-12-13-20-11-10-18-2/h15H,3-13H2,1-2H3. The molecule has 0 amide bonds. The van der Waals surface area contributed by atoms with Gasteiger partial charge in [0.25, 0.3) is 0 Å². The Morgan fingerprint density at radius 1 is 1.05 bits per heavy atom. The van der Waals surface area contributed by atoms with Gasteiger partial charge in [-0.25, -0.2) is 0 Å². The van der Waals surface area contributed by atoms with Crippen molar-refractivity contribution in [2.45, 2.75) is 45.4 Å². The topological polar surface area (TPSA) is 51.5 Å². The predicted molar refractivity (Wildman–Crippen MR) is 78.4 cm³/mol. The first kappa shape index (κ1) is 17.4. The molecule has 1 fully saturated rings. The predicted octanol–water partition coefficient (Wildman–Crippen LogP) is 3.17. The summed E-state index contributed by atoms with van der Waals surface area (Å²) in [5.74, 6) is 0.826. The normalized spacial score (nSPS) is 26.4. The molecule has 0 unspecified atom stereocenters. The summed E-state index contributed by atoms with van der Waals surface area (Å²) >= 11 is 0. The molecular formula is C16H29NO3. The van der Waals surface area contributed by atoms with Gasteiger partial charge in [0.2, 0.25) is 0 Å². The van der Waals surface area contributed by atoms with Crippen molar-refractivity contribution in [3.05, 3.63) is 0 Å². The average molecular weight is 283 g/mol. The summed E-state index contributed by atoms with van der Waals surface area (Å²) in [5.41, 5.74) is -0.136. The molecule has 0 atom stereocenters. The van der Waals surface area contributed by atoms with E-state index < -0.39 is 0 Å². The molecule has 0 aromatic carbocycles. The number of hydrogen-bond donors (Lipinski definition) is 0. The molecule has 0 radical (unpaired) electrons. The van der Waals surface area contributed by atoms with Gasteiger partial charge in [-0.05, 0) is 38.0 Å². The third-order valence-electron chi connectivity index (χ3n) is 4.41. The minimum Gasteiger partial charge on any atom is -0.382 e. The van der Waals surface area contributed by atoms with Gasteiger partial charge in [0.1, 0.15) is 0 Å². The molecule has 1 saturated carbocycles. The number of nitrogens with zero attached hydrogens (tertiary/aromatic N) is 1. The molecule has 0 saturated heterocycles. The second-order valence-corrected chi connectivity index (χ2v) is 5.71. The van der Waals surface area contributed by atoms with Crippen LogP contribution < -0.4 is 0 Å². The van der Waals surface area contributed by atoms with Crippen LogP contribution in [0.3, 0.4) is 0 Å². The highest BCUT2D eigenvalue weighted by molar-refractivity contribution is 5.01. The molecule has 1 rings (SSSR count). The number of nitriles is 1. The Kier molecular flexibility index (Phi) is 8.84. The third kappa shape index (κ3) is 6.21. The Hall–Kier alpha value is -0.630. The van der Waals surface area contributed by atoms with E-state index in [2.05, 4.69) is 13.0 Å². The summed E-state index contributed by atoms with van der Waals surface area (Å²) < 4.78 is 15.8. The smallest absolute Gasteiger partial charge is 0.0701 e. The van der Waals surface area contributed by atoms with E-state index >= 15 is 0 Å². The van der Waals surface area contributed by atoms with Crippen LogP contribution >= 0.6 is 0 Å². The lowest BCUT2D eigenvalue weighted by atomic mass is 9.69. The van der Waals surface area contributed by atoms with Gasteiger partial charge in [-0.15, -0.1) is 0 Å². The fourth-order valence-electron chi connectivity index (χ4n) is 2.79. The highest BCUT2D eigenvalue weighted by Gasteiger charge is 2.34. The lowest BCUT2D eigenvalue weighted by Crippen LogP contribution is -2.27. The van der Waals surface area contributed by atoms with E-state index in [-0.39, 0.29) is 5.41 Å². The lowest BCUT2D eigenvalue weighted by molar-refractivity contribution is 0.0164. The first-order valence-electron chi connectivity index (χ1n) is 7.82. The first-order chi connectivity index (χ1) is 9.76. The van der Waals surface area contributed by atoms with Crippen molar-refractivity contribution >= 4 is 0 Å². The largest absolute Gasteiger partial charge is 0.382 e. The molecule has 1 aliphatic rings. The van der Waals surface area contributed by atoms with Crippen molar-refractivity contribution in [3.63, 3.8) is 0 Å². The summed E-state index contributed by atoms with van der Waals surface area (Å²) in [7, 11) is 1.66. The van der Waals surface area contributed by atoms with Gasteiger partial charge >= 0.3 is 0 Å². The molecule has 4 heteroatoms. The van der Waals surface area contributed by atoms with Crippen LogP contribution in [0.25, 0.3) is 0 Å². The quantitative estimate of drug-likeness (QED) is 0.578. The second kappa shape index (κ2) is 10.1. The second-order valence-electron chi connectivity index (χ2n) is 5.71. The van der Waals surface area contributed by atoms with E-state index in [4.69, 9.17) is 14.2 Å². The van der Waals surface area contributed by atoms with Crippen molar-refractivity contribution in [1.82, 2.24) is 0 Å². The Labute approximate surface area is 123 Å². The zero-order chi connectivity index (χ0) is 14.7. The molecule has 20 heavy (non-hydrogen) atoms. The maximum atomic E-state index is 9.46. The van der Waals surface area contributed by atoms with Crippen LogP contribution in [0, 0.1) is 22.7 Å². The van der Waals surface area contributed by atoms with Crippen molar-refractivity contribution in [3.8, 4) is 6.07 Å². The van der Waals surface area contributed by atoms with Gasteiger partial charge in [-0.2, -0.15) is 5.26 Å². The van der Waals surface area contributed by atoms with E-state index in [1.165, 1.54) is 19.3 Å². The average Bonchev–Trinajstić information content (AvgIpc) is 2.50. The van der Waals surface area contributed by atoms with Gasteiger partial charge in [-0.3, -0.25) is 0 Å². The Bertz CT molecular complexity index is 280. The third-order valence-corrected chi connectivity index (χ3v) is 4.41. The van der Waals surface area contributed by atoms with Crippen LogP contribution in [0.1, 0.15) is 45.4 Å². The van der Waals surface area contributed by atoms with Gasteiger partial charge in [-0.1, -0.05) is 13.3 Å². The minimum atomic E-state index is -0.136. The van der Waals surface area contributed by atoms with E-state index in [0.717, 1.165) is 25.2 Å². The van der Waals surface area contributed by atoms with Crippen LogP contribution in [-0.2, 0) is 14.2 Å². The fourth-order valence-corrected chi connectivity index (χ4v) is 2.79. The van der Waals surface area contributed by atoms with Crippen molar-refractivity contribution in [2.75, 3.05) is 40.1 Å². The summed E-state index contributed by atoms with van der Waals surface area (Å²) in [4.78, 5) is 0. The van der Waals surface area contributed by atoms with Crippen molar-refractivity contribution < 1.29 is 14.2 Å². The van der Waals surface area contributed by atoms with Crippen LogP contribution in [-0.4, -0.2) is 40.1 Å². The van der Waals surface area contributed by atoms with Gasteiger partial charge in [0, 0.05) is 13.7 Å². The van der Waals surface area contributed by atoms with Gasteiger partial charge < -0.3 is 14.2 Å². The van der Waals surface area contributed by atoms with Crippen LogP contribution in [0.5, 0.6) is 0 Å². The van der Waals surface area contributed by atoms with Crippen molar-refractivity contribution in [1.29, 1.82) is 5.26 Å². The zero-order valence-corrected chi connectivity index (χ0v) is 13.0. The van der Waals surface area contributed by atoms with Crippen LogP contribution in [0.2, 0.25) is 0 Å².